The number of allylic oxidation sites excluding steroid dienone is 3. The maximum absolute atomic E-state index is 10.5. The number of nitrogens with zero attached hydrogens (tertiary/aromatic N) is 3. The second kappa shape index (κ2) is 5.84. The van der Waals surface area contributed by atoms with Crippen LogP contribution in [-0.4, -0.2) is 4.92 Å². The molecule has 0 aliphatic heterocycles. The van der Waals surface area contributed by atoms with E-state index in [9.17, 15) is 10.1 Å². The van der Waals surface area contributed by atoms with Crippen molar-refractivity contribution in [3.8, 4) is 12.1 Å². The van der Waals surface area contributed by atoms with Crippen LogP contribution in [0.5, 0.6) is 0 Å². The lowest BCUT2D eigenvalue weighted by atomic mass is 10.2. The minimum absolute atomic E-state index is 0.00285. The Morgan fingerprint density at radius 2 is 2.06 bits per heavy atom. The van der Waals surface area contributed by atoms with Gasteiger partial charge in [0.1, 0.15) is 17.7 Å². The van der Waals surface area contributed by atoms with Crippen molar-refractivity contribution < 1.29 is 4.92 Å². The van der Waals surface area contributed by atoms with Crippen LogP contribution in [0.4, 0.5) is 5.69 Å². The smallest absolute Gasteiger partial charge is 0.258 e. The molecule has 0 saturated heterocycles. The Hall–Kier alpha value is -2.92. The van der Waals surface area contributed by atoms with Crippen LogP contribution in [0.15, 0.2) is 42.0 Å². The average molecular weight is 225 g/mol. The summed E-state index contributed by atoms with van der Waals surface area (Å²) in [5.74, 6) is 0. The third-order valence-electron chi connectivity index (χ3n) is 1.87. The van der Waals surface area contributed by atoms with E-state index in [0.29, 0.717) is 5.56 Å². The number of hydrogen-bond acceptors (Lipinski definition) is 4. The summed E-state index contributed by atoms with van der Waals surface area (Å²) in [6, 6.07) is 9.47. The molecule has 5 heteroatoms. The van der Waals surface area contributed by atoms with Crippen molar-refractivity contribution in [1.82, 2.24) is 0 Å². The number of nitro groups is 1. The number of nitriles is 2. The minimum Gasteiger partial charge on any atom is -0.258 e. The molecule has 82 valence electrons. The van der Waals surface area contributed by atoms with Gasteiger partial charge in [-0.15, -0.1) is 0 Å². The fourth-order valence-corrected chi connectivity index (χ4v) is 1.10. The van der Waals surface area contributed by atoms with E-state index < -0.39 is 4.92 Å². The van der Waals surface area contributed by atoms with Crippen LogP contribution in [0.3, 0.4) is 0 Å². The molecule has 0 heterocycles. The molecule has 0 radical (unpaired) electrons. The first-order valence-electron chi connectivity index (χ1n) is 4.60. The average Bonchev–Trinajstić information content (AvgIpc) is 2.35. The van der Waals surface area contributed by atoms with Crippen LogP contribution in [0.1, 0.15) is 5.56 Å². The molecular weight excluding hydrogens is 218 g/mol. The third kappa shape index (κ3) is 3.61. The summed E-state index contributed by atoms with van der Waals surface area (Å²) in [6.45, 7) is 0. The molecule has 0 fully saturated rings. The number of rotatable bonds is 3. The van der Waals surface area contributed by atoms with Crippen molar-refractivity contribution in [3.63, 3.8) is 0 Å². The summed E-state index contributed by atoms with van der Waals surface area (Å²) < 4.78 is 0. The molecule has 17 heavy (non-hydrogen) atoms. The van der Waals surface area contributed by atoms with Crippen molar-refractivity contribution in [1.29, 1.82) is 10.5 Å². The lowest BCUT2D eigenvalue weighted by Crippen LogP contribution is -1.87. The predicted molar refractivity (Wildman–Crippen MR) is 61.4 cm³/mol. The molecule has 0 spiro atoms. The number of nitro benzene ring substituents is 1. The fourth-order valence-electron chi connectivity index (χ4n) is 1.10. The molecule has 0 bridgehead atoms. The van der Waals surface area contributed by atoms with Gasteiger partial charge in [-0.3, -0.25) is 10.1 Å². The molecule has 0 aromatic heterocycles. The Balaban J connectivity index is 2.91. The molecule has 0 unspecified atom stereocenters. The van der Waals surface area contributed by atoms with Crippen LogP contribution in [-0.2, 0) is 0 Å². The molecule has 0 saturated carbocycles. The standard InChI is InChI=1S/C12H7N3O2/c13-8-11(9-14)5-1-3-10-4-2-6-12(7-10)15(16)17/h1-7H/b3-1+. The van der Waals surface area contributed by atoms with Crippen molar-refractivity contribution in [2.75, 3.05) is 0 Å². The van der Waals surface area contributed by atoms with E-state index in [2.05, 4.69) is 0 Å². The highest BCUT2D eigenvalue weighted by atomic mass is 16.6. The normalized spacial score (nSPS) is 9.29. The van der Waals surface area contributed by atoms with Gasteiger partial charge in [0, 0.05) is 12.1 Å². The Labute approximate surface area is 97.7 Å². The van der Waals surface area contributed by atoms with E-state index in [0.717, 1.165) is 0 Å². The molecule has 1 rings (SSSR count). The summed E-state index contributed by atoms with van der Waals surface area (Å²) >= 11 is 0. The van der Waals surface area contributed by atoms with Crippen molar-refractivity contribution >= 4 is 11.8 Å². The maximum Gasteiger partial charge on any atom is 0.270 e. The molecule has 1 aromatic rings. The highest BCUT2D eigenvalue weighted by Gasteiger charge is 2.03. The van der Waals surface area contributed by atoms with Crippen LogP contribution in [0.2, 0.25) is 0 Å². The Kier molecular flexibility index (Phi) is 4.17. The second-order valence-electron chi connectivity index (χ2n) is 3.02. The molecule has 1 aromatic carbocycles. The highest BCUT2D eigenvalue weighted by Crippen LogP contribution is 2.14. The van der Waals surface area contributed by atoms with Gasteiger partial charge in [0.25, 0.3) is 5.69 Å². The van der Waals surface area contributed by atoms with Gasteiger partial charge < -0.3 is 0 Å². The number of benzene rings is 1. The molecule has 0 aliphatic rings. The predicted octanol–water partition coefficient (Wildman–Crippen LogP) is 2.58. The lowest BCUT2D eigenvalue weighted by molar-refractivity contribution is -0.384. The van der Waals surface area contributed by atoms with Gasteiger partial charge in [0.05, 0.1) is 4.92 Å². The Bertz CT molecular complexity index is 558. The van der Waals surface area contributed by atoms with E-state index in [1.165, 1.54) is 24.3 Å². The van der Waals surface area contributed by atoms with Crippen LogP contribution < -0.4 is 0 Å². The third-order valence-corrected chi connectivity index (χ3v) is 1.87. The highest BCUT2D eigenvalue weighted by molar-refractivity contribution is 5.56. The summed E-state index contributed by atoms with van der Waals surface area (Å²) in [5.41, 5.74) is 0.606. The van der Waals surface area contributed by atoms with Gasteiger partial charge in [-0.25, -0.2) is 0 Å². The van der Waals surface area contributed by atoms with E-state index in [-0.39, 0.29) is 11.3 Å². The van der Waals surface area contributed by atoms with Crippen molar-refractivity contribution in [2.24, 2.45) is 0 Å². The van der Waals surface area contributed by atoms with Crippen LogP contribution >= 0.6 is 0 Å². The van der Waals surface area contributed by atoms with Crippen LogP contribution in [0.25, 0.3) is 6.08 Å². The van der Waals surface area contributed by atoms with Gasteiger partial charge in [-0.2, -0.15) is 10.5 Å². The fraction of sp³-hybridized carbons (Fsp3) is 0. The molecule has 0 N–H and O–H groups in total. The van der Waals surface area contributed by atoms with Gasteiger partial charge >= 0.3 is 0 Å². The Morgan fingerprint density at radius 3 is 2.65 bits per heavy atom. The lowest BCUT2D eigenvalue weighted by Gasteiger charge is -1.93. The quantitative estimate of drug-likeness (QED) is 0.342. The first-order chi connectivity index (χ1) is 8.17. The number of hydrogen-bond donors (Lipinski definition) is 0. The topological polar surface area (TPSA) is 90.7 Å². The van der Waals surface area contributed by atoms with E-state index in [1.54, 1.807) is 30.3 Å². The Morgan fingerprint density at radius 1 is 1.35 bits per heavy atom. The second-order valence-corrected chi connectivity index (χ2v) is 3.02. The summed E-state index contributed by atoms with van der Waals surface area (Å²) in [7, 11) is 0. The molecule has 5 nitrogen and oxygen atoms in total. The zero-order valence-electron chi connectivity index (χ0n) is 8.70. The zero-order chi connectivity index (χ0) is 12.7. The van der Waals surface area contributed by atoms with E-state index >= 15 is 0 Å². The van der Waals surface area contributed by atoms with E-state index in [1.807, 2.05) is 0 Å². The largest absolute Gasteiger partial charge is 0.270 e. The number of non-ortho nitro benzene ring substituents is 1. The molecular formula is C12H7N3O2. The molecule has 0 atom stereocenters. The van der Waals surface area contributed by atoms with Gasteiger partial charge in [-0.05, 0) is 11.6 Å². The minimum atomic E-state index is -0.483. The van der Waals surface area contributed by atoms with Crippen molar-refractivity contribution in [2.45, 2.75) is 0 Å². The van der Waals surface area contributed by atoms with Gasteiger partial charge in [-0.1, -0.05) is 24.3 Å². The zero-order valence-corrected chi connectivity index (χ0v) is 8.70. The maximum atomic E-state index is 10.5. The van der Waals surface area contributed by atoms with E-state index in [4.69, 9.17) is 10.5 Å². The molecule has 0 amide bonds. The first-order valence-corrected chi connectivity index (χ1v) is 4.60. The summed E-state index contributed by atoms with van der Waals surface area (Å²) in [6.07, 6.45) is 4.43. The van der Waals surface area contributed by atoms with Gasteiger partial charge in [0.2, 0.25) is 0 Å². The summed E-state index contributed by atoms with van der Waals surface area (Å²) in [5, 5.41) is 27.5. The SMILES string of the molecule is N#CC(C#N)=C/C=C/c1cccc([N+](=O)[O-])c1. The van der Waals surface area contributed by atoms with Gasteiger partial charge in [0.15, 0.2) is 0 Å². The summed E-state index contributed by atoms with van der Waals surface area (Å²) in [4.78, 5) is 10.0. The van der Waals surface area contributed by atoms with Crippen molar-refractivity contribution in [3.05, 3.63) is 57.7 Å². The molecule has 0 aliphatic carbocycles. The first kappa shape index (κ1) is 12.2. The monoisotopic (exact) mass is 225 g/mol. The van der Waals surface area contributed by atoms with Crippen LogP contribution in [0, 0.1) is 32.8 Å².